The molecule has 0 spiro atoms. The molecule has 1 atom stereocenters. The molecule has 0 saturated carbocycles. The summed E-state index contributed by atoms with van der Waals surface area (Å²) in [5.41, 5.74) is 5.42. The van der Waals surface area contributed by atoms with E-state index in [1.54, 1.807) is 0 Å². The van der Waals surface area contributed by atoms with Gasteiger partial charge in [0.1, 0.15) is 6.04 Å². The molecule has 14 heavy (non-hydrogen) atoms. The zero-order chi connectivity index (χ0) is 10.6. The van der Waals surface area contributed by atoms with Gasteiger partial charge in [0, 0.05) is 32.7 Å². The first-order chi connectivity index (χ1) is 6.59. The van der Waals surface area contributed by atoms with E-state index in [2.05, 4.69) is 16.8 Å². The molecule has 0 radical (unpaired) electrons. The monoisotopic (exact) mass is 201 g/mol. The molecule has 0 aromatic heterocycles. The van der Waals surface area contributed by atoms with Gasteiger partial charge in [0.15, 0.2) is 0 Å². The molecule has 82 valence electrons. The first-order valence-corrected chi connectivity index (χ1v) is 4.99. The van der Waals surface area contributed by atoms with Crippen LogP contribution in [-0.2, 0) is 4.79 Å². The first kappa shape index (κ1) is 11.4. The van der Waals surface area contributed by atoms with E-state index in [1.807, 2.05) is 0 Å². The fourth-order valence-corrected chi connectivity index (χ4v) is 1.52. The van der Waals surface area contributed by atoms with Crippen molar-refractivity contribution >= 4 is 5.97 Å². The van der Waals surface area contributed by atoms with Gasteiger partial charge < -0.3 is 20.6 Å². The number of nitrogens with two attached hydrogens (primary N) is 1. The van der Waals surface area contributed by atoms with Gasteiger partial charge in [0.25, 0.3) is 0 Å². The largest absolute Gasteiger partial charge is 0.480 e. The minimum Gasteiger partial charge on any atom is -0.480 e. The van der Waals surface area contributed by atoms with Gasteiger partial charge in [0.05, 0.1) is 0 Å². The predicted molar refractivity (Wildman–Crippen MR) is 54.2 cm³/mol. The molecule has 1 rings (SSSR count). The first-order valence-electron chi connectivity index (χ1n) is 4.99. The van der Waals surface area contributed by atoms with Crippen molar-refractivity contribution in [1.29, 1.82) is 0 Å². The molecule has 1 unspecified atom stereocenters. The van der Waals surface area contributed by atoms with Crippen molar-refractivity contribution in [3.05, 3.63) is 0 Å². The highest BCUT2D eigenvalue weighted by Gasteiger charge is 2.16. The number of carboxylic acid groups (broad SMARTS) is 1. The minimum absolute atomic E-state index is 0.541. The zero-order valence-corrected chi connectivity index (χ0v) is 8.65. The lowest BCUT2D eigenvalue weighted by Crippen LogP contribution is -2.46. The molecular weight excluding hydrogens is 182 g/mol. The Kier molecular flexibility index (Phi) is 4.31. The van der Waals surface area contributed by atoms with Crippen molar-refractivity contribution in [2.75, 3.05) is 39.8 Å². The van der Waals surface area contributed by atoms with Gasteiger partial charge in [-0.15, -0.1) is 0 Å². The number of carbonyl (C=O) groups is 1. The molecule has 1 saturated heterocycles. The quantitative estimate of drug-likeness (QED) is 0.613. The average molecular weight is 201 g/mol. The summed E-state index contributed by atoms with van der Waals surface area (Å²) in [6.07, 6.45) is 0.541. The highest BCUT2D eigenvalue weighted by Crippen LogP contribution is 2.01. The Balaban J connectivity index is 2.16. The number of aliphatic carboxylic acids is 1. The Morgan fingerprint density at radius 1 is 1.43 bits per heavy atom. The van der Waals surface area contributed by atoms with E-state index in [4.69, 9.17) is 10.8 Å². The molecule has 0 aliphatic carbocycles. The molecule has 5 heteroatoms. The van der Waals surface area contributed by atoms with E-state index in [9.17, 15) is 4.79 Å². The molecule has 1 fully saturated rings. The molecule has 0 bridgehead atoms. The van der Waals surface area contributed by atoms with Gasteiger partial charge >= 0.3 is 5.97 Å². The number of nitrogens with zero attached hydrogens (tertiary/aromatic N) is 2. The minimum atomic E-state index is -0.904. The molecule has 3 N–H and O–H groups in total. The van der Waals surface area contributed by atoms with Crippen LogP contribution in [0.4, 0.5) is 0 Å². The van der Waals surface area contributed by atoms with Crippen LogP contribution in [0.2, 0.25) is 0 Å². The van der Waals surface area contributed by atoms with Crippen molar-refractivity contribution in [1.82, 2.24) is 9.80 Å². The van der Waals surface area contributed by atoms with Crippen LogP contribution < -0.4 is 5.73 Å². The molecule has 0 aromatic carbocycles. The van der Waals surface area contributed by atoms with Gasteiger partial charge in [-0.25, -0.2) is 0 Å². The number of hydrogen-bond donors (Lipinski definition) is 2. The fraction of sp³-hybridized carbons (Fsp3) is 0.889. The maximum Gasteiger partial charge on any atom is 0.320 e. The maximum absolute atomic E-state index is 10.5. The van der Waals surface area contributed by atoms with Gasteiger partial charge in [-0.05, 0) is 13.5 Å². The van der Waals surface area contributed by atoms with E-state index in [0.717, 1.165) is 32.7 Å². The summed E-state index contributed by atoms with van der Waals surface area (Å²) in [6, 6.07) is -0.713. The maximum atomic E-state index is 10.5. The fourth-order valence-electron chi connectivity index (χ4n) is 1.52. The number of likely N-dealkylation sites (N-methyl/N-ethyl adjacent to an activating group) is 1. The van der Waals surface area contributed by atoms with Crippen LogP contribution in [0.15, 0.2) is 0 Å². The second kappa shape index (κ2) is 5.29. The summed E-state index contributed by atoms with van der Waals surface area (Å²) in [5, 5.41) is 8.60. The number of rotatable bonds is 4. The summed E-state index contributed by atoms with van der Waals surface area (Å²) >= 11 is 0. The van der Waals surface area contributed by atoms with Crippen LogP contribution in [0.3, 0.4) is 0 Å². The molecular formula is C9H19N3O2. The Labute approximate surface area is 84.5 Å². The van der Waals surface area contributed by atoms with Gasteiger partial charge in [-0.3, -0.25) is 4.79 Å². The lowest BCUT2D eigenvalue weighted by atomic mass is 10.2. The Morgan fingerprint density at radius 3 is 2.50 bits per heavy atom. The lowest BCUT2D eigenvalue weighted by Gasteiger charge is -2.32. The Hall–Kier alpha value is -0.650. The van der Waals surface area contributed by atoms with E-state index < -0.39 is 12.0 Å². The van der Waals surface area contributed by atoms with Crippen molar-refractivity contribution in [3.8, 4) is 0 Å². The van der Waals surface area contributed by atoms with E-state index in [1.165, 1.54) is 0 Å². The van der Waals surface area contributed by atoms with Crippen molar-refractivity contribution in [2.24, 2.45) is 5.73 Å². The average Bonchev–Trinajstić information content (AvgIpc) is 2.16. The number of carboxylic acids is 1. The zero-order valence-electron chi connectivity index (χ0n) is 8.65. The molecule has 5 nitrogen and oxygen atoms in total. The summed E-state index contributed by atoms with van der Waals surface area (Å²) in [5.74, 6) is -0.904. The highest BCUT2D eigenvalue weighted by molar-refractivity contribution is 5.72. The summed E-state index contributed by atoms with van der Waals surface area (Å²) in [6.45, 7) is 4.94. The Morgan fingerprint density at radius 2 is 2.00 bits per heavy atom. The van der Waals surface area contributed by atoms with E-state index >= 15 is 0 Å². The topological polar surface area (TPSA) is 69.8 Å². The second-order valence-electron chi connectivity index (χ2n) is 3.88. The Bertz CT molecular complexity index is 190. The summed E-state index contributed by atoms with van der Waals surface area (Å²) in [4.78, 5) is 15.0. The van der Waals surface area contributed by atoms with E-state index in [0.29, 0.717) is 6.42 Å². The molecule has 1 aliphatic heterocycles. The predicted octanol–water partition coefficient (Wildman–Crippen LogP) is -0.964. The summed E-state index contributed by atoms with van der Waals surface area (Å²) in [7, 11) is 2.10. The third-order valence-corrected chi connectivity index (χ3v) is 2.67. The van der Waals surface area contributed by atoms with E-state index in [-0.39, 0.29) is 0 Å². The molecule has 1 heterocycles. The van der Waals surface area contributed by atoms with Crippen molar-refractivity contribution in [3.63, 3.8) is 0 Å². The molecule has 0 aromatic rings. The SMILES string of the molecule is CN1CCN(CCC(N)C(=O)O)CC1. The van der Waals surface area contributed by atoms with Gasteiger partial charge in [-0.2, -0.15) is 0 Å². The standard InChI is InChI=1S/C9H19N3O2/c1-11-4-6-12(7-5-11)3-2-8(10)9(13)14/h8H,2-7,10H2,1H3,(H,13,14). The van der Waals surface area contributed by atoms with Crippen LogP contribution in [0.1, 0.15) is 6.42 Å². The smallest absolute Gasteiger partial charge is 0.320 e. The third kappa shape index (κ3) is 3.61. The number of piperazine rings is 1. The van der Waals surface area contributed by atoms with Crippen molar-refractivity contribution < 1.29 is 9.90 Å². The van der Waals surface area contributed by atoms with Gasteiger partial charge in [-0.1, -0.05) is 0 Å². The molecule has 0 amide bonds. The lowest BCUT2D eigenvalue weighted by molar-refractivity contribution is -0.138. The van der Waals surface area contributed by atoms with Crippen LogP contribution in [0.25, 0.3) is 0 Å². The normalized spacial score (nSPS) is 22.1. The van der Waals surface area contributed by atoms with Gasteiger partial charge in [0.2, 0.25) is 0 Å². The second-order valence-corrected chi connectivity index (χ2v) is 3.88. The highest BCUT2D eigenvalue weighted by atomic mass is 16.4. The molecule has 1 aliphatic rings. The van der Waals surface area contributed by atoms with Crippen molar-refractivity contribution in [2.45, 2.75) is 12.5 Å². The third-order valence-electron chi connectivity index (χ3n) is 2.67. The summed E-state index contributed by atoms with van der Waals surface area (Å²) < 4.78 is 0. The van der Waals surface area contributed by atoms with Crippen LogP contribution in [-0.4, -0.2) is 66.7 Å². The van der Waals surface area contributed by atoms with Crippen LogP contribution in [0, 0.1) is 0 Å². The number of hydrogen-bond acceptors (Lipinski definition) is 4. The van der Waals surface area contributed by atoms with Crippen LogP contribution in [0.5, 0.6) is 0 Å². The van der Waals surface area contributed by atoms with Crippen LogP contribution >= 0.6 is 0 Å².